The van der Waals surface area contributed by atoms with E-state index in [1.54, 1.807) is 23.0 Å². The van der Waals surface area contributed by atoms with Crippen molar-refractivity contribution in [3.63, 3.8) is 0 Å². The van der Waals surface area contributed by atoms with Crippen LogP contribution in [0.3, 0.4) is 0 Å². The molecule has 2 fully saturated rings. The summed E-state index contributed by atoms with van der Waals surface area (Å²) in [5.74, 6) is 0.673. The summed E-state index contributed by atoms with van der Waals surface area (Å²) < 4.78 is 1.69. The summed E-state index contributed by atoms with van der Waals surface area (Å²) in [7, 11) is 0. The van der Waals surface area contributed by atoms with Gasteiger partial charge in [-0.1, -0.05) is 42.6 Å². The first-order valence-corrected chi connectivity index (χ1v) is 13.1. The second kappa shape index (κ2) is 9.91. The van der Waals surface area contributed by atoms with E-state index in [2.05, 4.69) is 26.8 Å². The van der Waals surface area contributed by atoms with Crippen molar-refractivity contribution in [2.45, 2.75) is 51.6 Å². The second-order valence-corrected chi connectivity index (χ2v) is 10.6. The fourth-order valence-electron chi connectivity index (χ4n) is 5.59. The zero-order valence-corrected chi connectivity index (χ0v) is 21.6. The Hall–Kier alpha value is -2.42. The maximum absolute atomic E-state index is 12.1. The summed E-state index contributed by atoms with van der Waals surface area (Å²) in [5.41, 5.74) is 7.46. The fraction of sp³-hybridized carbons (Fsp3) is 0.520. The maximum atomic E-state index is 12.1. The van der Waals surface area contributed by atoms with Crippen LogP contribution >= 0.6 is 23.2 Å². The third-order valence-electron chi connectivity index (χ3n) is 7.45. The van der Waals surface area contributed by atoms with Crippen LogP contribution in [0, 0.1) is 5.92 Å². The largest absolute Gasteiger partial charge is 0.364 e. The highest BCUT2D eigenvalue weighted by atomic mass is 35.5. The monoisotopic (exact) mass is 515 g/mol. The van der Waals surface area contributed by atoms with Gasteiger partial charge < -0.3 is 10.6 Å². The molecule has 0 radical (unpaired) electrons. The van der Waals surface area contributed by atoms with Gasteiger partial charge in [-0.2, -0.15) is 5.10 Å². The molecule has 1 amide bonds. The number of rotatable bonds is 5. The van der Waals surface area contributed by atoms with Gasteiger partial charge >= 0.3 is 0 Å². The van der Waals surface area contributed by atoms with Crippen LogP contribution in [0.2, 0.25) is 10.0 Å². The molecule has 4 heterocycles. The lowest BCUT2D eigenvalue weighted by Gasteiger charge is -2.44. The molecule has 186 valence electrons. The van der Waals surface area contributed by atoms with Gasteiger partial charge in [0.2, 0.25) is 0 Å². The van der Waals surface area contributed by atoms with E-state index >= 15 is 0 Å². The number of halogens is 2. The number of fused-ring (bicyclic) bond motifs is 1. The molecule has 3 unspecified atom stereocenters. The van der Waals surface area contributed by atoms with Crippen LogP contribution in [0.4, 0.5) is 5.82 Å². The van der Waals surface area contributed by atoms with Crippen molar-refractivity contribution >= 4 is 46.1 Å². The number of nitrogens with zero attached hydrogens (tertiary/aromatic N) is 6. The summed E-state index contributed by atoms with van der Waals surface area (Å²) in [5, 5.41) is 5.58. The van der Waals surface area contributed by atoms with Gasteiger partial charge in [0.1, 0.15) is 11.3 Å². The van der Waals surface area contributed by atoms with Gasteiger partial charge in [0.05, 0.1) is 12.2 Å². The molecule has 35 heavy (non-hydrogen) atoms. The number of carbonyl (C=O) groups is 1. The van der Waals surface area contributed by atoms with E-state index < -0.39 is 5.91 Å². The molecule has 2 aromatic heterocycles. The van der Waals surface area contributed by atoms with Crippen molar-refractivity contribution in [3.05, 3.63) is 45.7 Å². The molecule has 0 bridgehead atoms. The number of benzene rings is 1. The lowest BCUT2D eigenvalue weighted by atomic mass is 9.91. The maximum Gasteiger partial charge on any atom is 0.271 e. The standard InChI is InChI=1S/C25H31Cl2N7O/c1-15-14-33(11-8-20(15)32-9-4-3-5-10-32)21-13-29-23-22(24(28)35)31-34(25(23)30-21)16(2)18-7-6-17(26)12-19(18)27/h6-7,12-13,15-16,20H,3-5,8-11,14H2,1-2H3,(H2,28,35). The van der Waals surface area contributed by atoms with Crippen LogP contribution in [-0.2, 0) is 0 Å². The van der Waals surface area contributed by atoms with Crippen molar-refractivity contribution in [1.29, 1.82) is 0 Å². The number of anilines is 1. The van der Waals surface area contributed by atoms with E-state index in [0.717, 1.165) is 30.9 Å². The number of likely N-dealkylation sites (tertiary alicyclic amines) is 1. The predicted octanol–water partition coefficient (Wildman–Crippen LogP) is 4.54. The Balaban J connectivity index is 1.46. The van der Waals surface area contributed by atoms with Gasteiger partial charge in [-0.3, -0.25) is 9.69 Å². The van der Waals surface area contributed by atoms with Crippen LogP contribution in [0.5, 0.6) is 0 Å². The zero-order valence-electron chi connectivity index (χ0n) is 20.1. The van der Waals surface area contributed by atoms with E-state index in [0.29, 0.717) is 33.2 Å². The third kappa shape index (κ3) is 4.71. The number of carbonyl (C=O) groups excluding carboxylic acids is 1. The summed E-state index contributed by atoms with van der Waals surface area (Å²) >= 11 is 12.6. The molecular weight excluding hydrogens is 485 g/mol. The van der Waals surface area contributed by atoms with Crippen molar-refractivity contribution in [1.82, 2.24) is 24.6 Å². The molecule has 2 aliphatic rings. The smallest absolute Gasteiger partial charge is 0.271 e. The molecule has 10 heteroatoms. The van der Waals surface area contributed by atoms with E-state index in [-0.39, 0.29) is 11.7 Å². The van der Waals surface area contributed by atoms with Crippen molar-refractivity contribution in [3.8, 4) is 0 Å². The molecule has 2 aliphatic heterocycles. The number of amides is 1. The second-order valence-electron chi connectivity index (χ2n) is 9.78. The number of nitrogens with two attached hydrogens (primary N) is 1. The molecule has 3 aromatic rings. The van der Waals surface area contributed by atoms with E-state index in [1.807, 2.05) is 13.0 Å². The quantitative estimate of drug-likeness (QED) is 0.535. The Morgan fingerprint density at radius 2 is 1.94 bits per heavy atom. The Morgan fingerprint density at radius 3 is 2.63 bits per heavy atom. The van der Waals surface area contributed by atoms with Gasteiger partial charge in [0, 0.05) is 29.2 Å². The minimum absolute atomic E-state index is 0.105. The Kier molecular flexibility index (Phi) is 6.88. The van der Waals surface area contributed by atoms with Crippen LogP contribution in [0.15, 0.2) is 24.4 Å². The van der Waals surface area contributed by atoms with Gasteiger partial charge in [-0.15, -0.1) is 0 Å². The minimum atomic E-state index is -0.638. The zero-order chi connectivity index (χ0) is 24.7. The highest BCUT2D eigenvalue weighted by molar-refractivity contribution is 6.35. The van der Waals surface area contributed by atoms with E-state index in [9.17, 15) is 4.79 Å². The molecule has 8 nitrogen and oxygen atoms in total. The summed E-state index contributed by atoms with van der Waals surface area (Å²) in [6.45, 7) is 8.53. The first-order valence-electron chi connectivity index (χ1n) is 12.3. The number of primary amides is 1. The summed E-state index contributed by atoms with van der Waals surface area (Å²) in [6.07, 6.45) is 6.78. The van der Waals surface area contributed by atoms with E-state index in [4.69, 9.17) is 33.9 Å². The SMILES string of the molecule is CC1CN(c2cnc3c(C(N)=O)nn(C(C)c4ccc(Cl)cc4Cl)c3n2)CCC1N1CCCCC1. The molecule has 3 atom stereocenters. The topological polar surface area (TPSA) is 93.2 Å². The Bertz CT molecular complexity index is 1240. The number of hydrogen-bond acceptors (Lipinski definition) is 6. The fourth-order valence-corrected chi connectivity index (χ4v) is 6.16. The Labute approximate surface area is 215 Å². The lowest BCUT2D eigenvalue weighted by Crippen LogP contribution is -2.51. The van der Waals surface area contributed by atoms with Crippen LogP contribution in [0.25, 0.3) is 11.2 Å². The highest BCUT2D eigenvalue weighted by Crippen LogP contribution is 2.32. The van der Waals surface area contributed by atoms with Crippen LogP contribution in [-0.4, -0.2) is 62.8 Å². The summed E-state index contributed by atoms with van der Waals surface area (Å²) in [6, 6.07) is 5.65. The highest BCUT2D eigenvalue weighted by Gasteiger charge is 2.32. The molecule has 0 spiro atoms. The summed E-state index contributed by atoms with van der Waals surface area (Å²) in [4.78, 5) is 26.6. The first kappa shape index (κ1) is 24.3. The molecule has 2 N–H and O–H groups in total. The molecule has 2 saturated heterocycles. The van der Waals surface area contributed by atoms with Gasteiger partial charge in [0.25, 0.3) is 5.91 Å². The third-order valence-corrected chi connectivity index (χ3v) is 8.01. The van der Waals surface area contributed by atoms with Crippen molar-refractivity contribution in [2.24, 2.45) is 11.7 Å². The number of piperidine rings is 2. The molecule has 0 aliphatic carbocycles. The number of aromatic nitrogens is 4. The minimum Gasteiger partial charge on any atom is -0.364 e. The van der Waals surface area contributed by atoms with Crippen LogP contribution < -0.4 is 10.6 Å². The molecular formula is C25H31Cl2N7O. The van der Waals surface area contributed by atoms with Gasteiger partial charge in [-0.25, -0.2) is 14.6 Å². The molecule has 5 rings (SSSR count). The average Bonchev–Trinajstić information content (AvgIpc) is 3.23. The van der Waals surface area contributed by atoms with Crippen molar-refractivity contribution < 1.29 is 4.79 Å². The lowest BCUT2D eigenvalue weighted by molar-refractivity contribution is 0.0996. The normalized spacial score (nSPS) is 22.5. The van der Waals surface area contributed by atoms with Gasteiger partial charge in [-0.05, 0) is 62.9 Å². The number of hydrogen-bond donors (Lipinski definition) is 1. The van der Waals surface area contributed by atoms with Crippen LogP contribution in [0.1, 0.15) is 61.6 Å². The molecule has 0 saturated carbocycles. The molecule has 1 aromatic carbocycles. The van der Waals surface area contributed by atoms with Crippen molar-refractivity contribution in [2.75, 3.05) is 31.1 Å². The van der Waals surface area contributed by atoms with E-state index in [1.165, 1.54) is 32.4 Å². The average molecular weight is 516 g/mol. The Morgan fingerprint density at radius 1 is 1.17 bits per heavy atom. The first-order chi connectivity index (χ1) is 16.8. The predicted molar refractivity (Wildman–Crippen MR) is 139 cm³/mol. The van der Waals surface area contributed by atoms with Gasteiger partial charge in [0.15, 0.2) is 11.3 Å².